The zero-order valence-electron chi connectivity index (χ0n) is 14.4. The number of hydrogen-bond acceptors (Lipinski definition) is 3. The lowest BCUT2D eigenvalue weighted by Gasteiger charge is -2.30. The first-order valence-corrected chi connectivity index (χ1v) is 8.38. The van der Waals surface area contributed by atoms with Crippen LogP contribution in [0.5, 0.6) is 0 Å². The van der Waals surface area contributed by atoms with E-state index in [9.17, 15) is 9.59 Å². The Morgan fingerprint density at radius 1 is 1.04 bits per heavy atom. The van der Waals surface area contributed by atoms with Crippen molar-refractivity contribution in [1.29, 1.82) is 0 Å². The van der Waals surface area contributed by atoms with Gasteiger partial charge in [-0.1, -0.05) is 60.7 Å². The molecule has 5 heteroatoms. The van der Waals surface area contributed by atoms with Gasteiger partial charge in [0.2, 0.25) is 11.8 Å². The largest absolute Gasteiger partial charge is 0.396 e. The highest BCUT2D eigenvalue weighted by Crippen LogP contribution is 2.23. The van der Waals surface area contributed by atoms with Crippen molar-refractivity contribution < 1.29 is 14.7 Å². The Morgan fingerprint density at radius 2 is 1.64 bits per heavy atom. The lowest BCUT2D eigenvalue weighted by Crippen LogP contribution is -2.42. The van der Waals surface area contributed by atoms with Crippen LogP contribution in [0.3, 0.4) is 0 Å². The van der Waals surface area contributed by atoms with Crippen LogP contribution in [0.2, 0.25) is 0 Å². The molecule has 0 bridgehead atoms. The highest BCUT2D eigenvalue weighted by molar-refractivity contribution is 5.88. The Hall–Kier alpha value is -2.66. The van der Waals surface area contributed by atoms with Crippen molar-refractivity contribution in [3.05, 3.63) is 71.8 Å². The summed E-state index contributed by atoms with van der Waals surface area (Å²) < 4.78 is 0. The highest BCUT2D eigenvalue weighted by atomic mass is 16.3. The van der Waals surface area contributed by atoms with Crippen LogP contribution in [-0.2, 0) is 16.1 Å². The number of benzene rings is 2. The second-order valence-electron chi connectivity index (χ2n) is 5.81. The van der Waals surface area contributed by atoms with Crippen LogP contribution in [0.25, 0.3) is 0 Å². The molecule has 0 aliphatic rings. The van der Waals surface area contributed by atoms with E-state index in [2.05, 4.69) is 5.32 Å². The monoisotopic (exact) mass is 340 g/mol. The van der Waals surface area contributed by atoms with Crippen LogP contribution in [-0.4, -0.2) is 35.0 Å². The minimum absolute atomic E-state index is 0.0106. The Kier molecular flexibility index (Phi) is 7.16. The van der Waals surface area contributed by atoms with Gasteiger partial charge in [-0.05, 0) is 17.5 Å². The Balaban J connectivity index is 2.29. The maximum Gasteiger partial charge on any atom is 0.247 e. The fourth-order valence-electron chi connectivity index (χ4n) is 2.66. The Labute approximate surface area is 148 Å². The molecule has 0 aliphatic heterocycles. The molecular formula is C20H24N2O3. The topological polar surface area (TPSA) is 69.6 Å². The van der Waals surface area contributed by atoms with E-state index in [1.807, 2.05) is 60.7 Å². The summed E-state index contributed by atoms with van der Waals surface area (Å²) in [6.07, 6.45) is 0.478. The van der Waals surface area contributed by atoms with Gasteiger partial charge in [-0.3, -0.25) is 9.59 Å². The average Bonchev–Trinajstić information content (AvgIpc) is 2.63. The van der Waals surface area contributed by atoms with E-state index in [4.69, 9.17) is 5.11 Å². The van der Waals surface area contributed by atoms with Crippen molar-refractivity contribution in [1.82, 2.24) is 10.2 Å². The second kappa shape index (κ2) is 9.59. The molecule has 0 aliphatic carbocycles. The molecule has 2 aromatic rings. The van der Waals surface area contributed by atoms with E-state index < -0.39 is 6.04 Å². The number of hydrogen-bond donors (Lipinski definition) is 2. The standard InChI is InChI=1S/C20H24N2O3/c1-16(24)22(15-17-9-4-2-5-10-17)19(18-11-6-3-7-12-18)20(25)21-13-8-14-23/h2-7,9-12,19,23H,8,13-15H2,1H3,(H,21,25)/t19-/m1/s1. The van der Waals surface area contributed by atoms with Gasteiger partial charge < -0.3 is 15.3 Å². The number of nitrogens with one attached hydrogen (secondary N) is 1. The summed E-state index contributed by atoms with van der Waals surface area (Å²) in [5, 5.41) is 11.7. The quantitative estimate of drug-likeness (QED) is 0.724. The highest BCUT2D eigenvalue weighted by Gasteiger charge is 2.29. The van der Waals surface area contributed by atoms with Gasteiger partial charge in [-0.2, -0.15) is 0 Å². The molecule has 2 rings (SSSR count). The van der Waals surface area contributed by atoms with Crippen LogP contribution >= 0.6 is 0 Å². The summed E-state index contributed by atoms with van der Waals surface area (Å²) in [7, 11) is 0. The maximum absolute atomic E-state index is 12.8. The van der Waals surface area contributed by atoms with Gasteiger partial charge in [-0.15, -0.1) is 0 Å². The van der Waals surface area contributed by atoms with Crippen molar-refractivity contribution in [2.75, 3.05) is 13.2 Å². The van der Waals surface area contributed by atoms with E-state index >= 15 is 0 Å². The zero-order chi connectivity index (χ0) is 18.1. The number of nitrogens with zero attached hydrogens (tertiary/aromatic N) is 1. The first-order chi connectivity index (χ1) is 12.1. The predicted molar refractivity (Wildman–Crippen MR) is 96.6 cm³/mol. The van der Waals surface area contributed by atoms with Gasteiger partial charge in [0.25, 0.3) is 0 Å². The lowest BCUT2D eigenvalue weighted by molar-refractivity contribution is -0.140. The summed E-state index contributed by atoms with van der Waals surface area (Å²) >= 11 is 0. The summed E-state index contributed by atoms with van der Waals surface area (Å²) in [6.45, 7) is 2.20. The van der Waals surface area contributed by atoms with Gasteiger partial charge in [0.05, 0.1) is 0 Å². The minimum atomic E-state index is -0.711. The van der Waals surface area contributed by atoms with E-state index in [0.29, 0.717) is 19.5 Å². The fraction of sp³-hybridized carbons (Fsp3) is 0.300. The minimum Gasteiger partial charge on any atom is -0.396 e. The summed E-state index contributed by atoms with van der Waals surface area (Å²) in [4.78, 5) is 26.6. The summed E-state index contributed by atoms with van der Waals surface area (Å²) in [5.74, 6) is -0.416. The van der Waals surface area contributed by atoms with Crippen LogP contribution in [0.1, 0.15) is 30.5 Å². The van der Waals surface area contributed by atoms with Crippen molar-refractivity contribution in [2.45, 2.75) is 25.9 Å². The molecule has 0 unspecified atom stereocenters. The van der Waals surface area contributed by atoms with E-state index in [-0.39, 0.29) is 18.4 Å². The molecule has 0 radical (unpaired) electrons. The molecule has 0 fully saturated rings. The third-order valence-corrected chi connectivity index (χ3v) is 3.91. The van der Waals surface area contributed by atoms with Gasteiger partial charge in [0, 0.05) is 26.6 Å². The molecule has 0 heterocycles. The normalized spacial score (nSPS) is 11.6. The van der Waals surface area contributed by atoms with Gasteiger partial charge >= 0.3 is 0 Å². The van der Waals surface area contributed by atoms with Crippen molar-refractivity contribution in [3.63, 3.8) is 0 Å². The molecular weight excluding hydrogens is 316 g/mol. The van der Waals surface area contributed by atoms with Crippen molar-refractivity contribution in [2.24, 2.45) is 0 Å². The predicted octanol–water partition coefficient (Wildman–Crippen LogP) is 2.28. The van der Waals surface area contributed by atoms with Crippen LogP contribution in [0, 0.1) is 0 Å². The third kappa shape index (κ3) is 5.43. The first-order valence-electron chi connectivity index (χ1n) is 8.38. The average molecular weight is 340 g/mol. The summed E-state index contributed by atoms with van der Waals surface area (Å²) in [5.41, 5.74) is 1.72. The lowest BCUT2D eigenvalue weighted by atomic mass is 10.0. The fourth-order valence-corrected chi connectivity index (χ4v) is 2.66. The van der Waals surface area contributed by atoms with Gasteiger partial charge in [0.1, 0.15) is 6.04 Å². The molecule has 2 aromatic carbocycles. The zero-order valence-corrected chi connectivity index (χ0v) is 14.4. The van der Waals surface area contributed by atoms with E-state index in [1.54, 1.807) is 4.90 Å². The molecule has 2 amide bonds. The SMILES string of the molecule is CC(=O)N(Cc1ccccc1)[C@@H](C(=O)NCCCO)c1ccccc1. The Bertz CT molecular complexity index is 674. The third-order valence-electron chi connectivity index (χ3n) is 3.91. The van der Waals surface area contributed by atoms with Gasteiger partial charge in [0.15, 0.2) is 0 Å². The maximum atomic E-state index is 12.8. The molecule has 132 valence electrons. The Morgan fingerprint density at radius 3 is 2.20 bits per heavy atom. The molecule has 0 aromatic heterocycles. The second-order valence-corrected chi connectivity index (χ2v) is 5.81. The van der Waals surface area contributed by atoms with E-state index in [0.717, 1.165) is 11.1 Å². The van der Waals surface area contributed by atoms with E-state index in [1.165, 1.54) is 6.92 Å². The molecule has 0 spiro atoms. The number of aliphatic hydroxyl groups excluding tert-OH is 1. The molecule has 2 N–H and O–H groups in total. The molecule has 0 saturated heterocycles. The number of carbonyl (C=O) groups excluding carboxylic acids is 2. The van der Waals surface area contributed by atoms with Gasteiger partial charge in [-0.25, -0.2) is 0 Å². The molecule has 1 atom stereocenters. The number of amides is 2. The number of aliphatic hydroxyl groups is 1. The van der Waals surface area contributed by atoms with Crippen LogP contribution in [0.15, 0.2) is 60.7 Å². The molecule has 5 nitrogen and oxygen atoms in total. The van der Waals surface area contributed by atoms with Crippen molar-refractivity contribution >= 4 is 11.8 Å². The summed E-state index contributed by atoms with van der Waals surface area (Å²) in [6, 6.07) is 18.2. The number of carbonyl (C=O) groups is 2. The van der Waals surface area contributed by atoms with Crippen LogP contribution in [0.4, 0.5) is 0 Å². The van der Waals surface area contributed by atoms with Crippen LogP contribution < -0.4 is 5.32 Å². The number of rotatable bonds is 8. The molecule has 25 heavy (non-hydrogen) atoms. The molecule has 0 saturated carbocycles. The smallest absolute Gasteiger partial charge is 0.247 e. The first kappa shape index (κ1) is 18.7. The van der Waals surface area contributed by atoms with Crippen molar-refractivity contribution in [3.8, 4) is 0 Å².